The summed E-state index contributed by atoms with van der Waals surface area (Å²) in [5.74, 6) is -0.0668. The zero-order valence-corrected chi connectivity index (χ0v) is 15.1. The van der Waals surface area contributed by atoms with Gasteiger partial charge in [-0.25, -0.2) is 0 Å². The number of hydrogen-bond acceptors (Lipinski definition) is 2. The van der Waals surface area contributed by atoms with Crippen molar-refractivity contribution >= 4 is 11.6 Å². The van der Waals surface area contributed by atoms with Crippen LogP contribution in [0.5, 0.6) is 0 Å². The molecule has 0 saturated carbocycles. The third kappa shape index (κ3) is 4.58. The van der Waals surface area contributed by atoms with E-state index in [4.69, 9.17) is 0 Å². The van der Waals surface area contributed by atoms with Gasteiger partial charge in [0.1, 0.15) is 6.04 Å². The minimum atomic E-state index is -0.437. The van der Waals surface area contributed by atoms with Gasteiger partial charge in [0.05, 0.1) is 0 Å². The fraction of sp³-hybridized carbons (Fsp3) is 0.174. The summed E-state index contributed by atoms with van der Waals surface area (Å²) >= 11 is 0. The maximum Gasteiger partial charge on any atom is 0.246 e. The summed E-state index contributed by atoms with van der Waals surface area (Å²) in [7, 11) is 0. The van der Waals surface area contributed by atoms with Crippen molar-refractivity contribution in [3.8, 4) is 0 Å². The van der Waals surface area contributed by atoms with Crippen LogP contribution in [-0.2, 0) is 4.79 Å². The number of carbonyl (C=O) groups is 1. The molecule has 26 heavy (non-hydrogen) atoms. The molecule has 2 N–H and O–H groups in total. The average molecular weight is 344 g/mol. The number of amides is 1. The van der Waals surface area contributed by atoms with Crippen molar-refractivity contribution in [2.75, 3.05) is 5.32 Å². The molecule has 3 rings (SSSR count). The first-order valence-electron chi connectivity index (χ1n) is 8.87. The lowest BCUT2D eigenvalue weighted by atomic mass is 10.0. The molecule has 0 saturated heterocycles. The monoisotopic (exact) mass is 344 g/mol. The first-order valence-corrected chi connectivity index (χ1v) is 8.87. The maximum atomic E-state index is 13.0. The van der Waals surface area contributed by atoms with Crippen LogP contribution in [-0.4, -0.2) is 5.91 Å². The Hall–Kier alpha value is -2.91. The van der Waals surface area contributed by atoms with Gasteiger partial charge in [-0.3, -0.25) is 10.1 Å². The average Bonchev–Trinajstić information content (AvgIpc) is 2.69. The second kappa shape index (κ2) is 8.45. The molecular weight excluding hydrogens is 320 g/mol. The Bertz CT molecular complexity index is 829. The Balaban J connectivity index is 1.81. The summed E-state index contributed by atoms with van der Waals surface area (Å²) in [5.41, 5.74) is 4.06. The summed E-state index contributed by atoms with van der Waals surface area (Å²) < 4.78 is 0. The number of benzene rings is 3. The van der Waals surface area contributed by atoms with Gasteiger partial charge < -0.3 is 5.32 Å². The highest BCUT2D eigenvalue weighted by atomic mass is 16.2. The quantitative estimate of drug-likeness (QED) is 0.659. The van der Waals surface area contributed by atoms with E-state index >= 15 is 0 Å². The molecule has 0 aliphatic heterocycles. The normalized spacial score (nSPS) is 13.0. The zero-order valence-electron chi connectivity index (χ0n) is 15.1. The molecule has 0 aliphatic carbocycles. The first kappa shape index (κ1) is 17.9. The number of rotatable bonds is 6. The largest absolute Gasteiger partial charge is 0.324 e. The molecule has 3 aromatic carbocycles. The lowest BCUT2D eigenvalue weighted by Crippen LogP contribution is -2.34. The molecule has 0 fully saturated rings. The van der Waals surface area contributed by atoms with Crippen molar-refractivity contribution in [3.63, 3.8) is 0 Å². The predicted octanol–water partition coefficient (Wildman–Crippen LogP) is 5.03. The zero-order chi connectivity index (χ0) is 18.4. The van der Waals surface area contributed by atoms with Gasteiger partial charge in [-0.15, -0.1) is 0 Å². The highest BCUT2D eigenvalue weighted by molar-refractivity contribution is 5.95. The van der Waals surface area contributed by atoms with E-state index in [1.807, 2.05) is 79.7 Å². The van der Waals surface area contributed by atoms with Crippen molar-refractivity contribution in [2.45, 2.75) is 25.9 Å². The fourth-order valence-electron chi connectivity index (χ4n) is 2.91. The van der Waals surface area contributed by atoms with E-state index in [-0.39, 0.29) is 11.9 Å². The van der Waals surface area contributed by atoms with Gasteiger partial charge in [0.25, 0.3) is 0 Å². The van der Waals surface area contributed by atoms with Crippen molar-refractivity contribution in [1.82, 2.24) is 5.32 Å². The molecule has 0 aliphatic rings. The molecular formula is C23H24N2O. The van der Waals surface area contributed by atoms with Crippen molar-refractivity contribution in [1.29, 1.82) is 0 Å². The van der Waals surface area contributed by atoms with Crippen LogP contribution in [0.25, 0.3) is 0 Å². The topological polar surface area (TPSA) is 41.1 Å². The Morgan fingerprint density at radius 1 is 0.769 bits per heavy atom. The predicted molar refractivity (Wildman–Crippen MR) is 107 cm³/mol. The molecule has 1 amide bonds. The second-order valence-corrected chi connectivity index (χ2v) is 6.50. The molecule has 0 aromatic heterocycles. The number of hydrogen-bond donors (Lipinski definition) is 2. The van der Waals surface area contributed by atoms with E-state index in [1.165, 1.54) is 5.56 Å². The molecule has 132 valence electrons. The van der Waals surface area contributed by atoms with Crippen molar-refractivity contribution in [3.05, 3.63) is 102 Å². The molecule has 3 nitrogen and oxygen atoms in total. The van der Waals surface area contributed by atoms with E-state index in [1.54, 1.807) is 0 Å². The van der Waals surface area contributed by atoms with Crippen LogP contribution in [0, 0.1) is 6.92 Å². The molecule has 0 unspecified atom stereocenters. The SMILES string of the molecule is Cc1ccc(NC(=O)[C@H](N[C@H](C)c2ccccc2)c2ccccc2)cc1. The number of anilines is 1. The summed E-state index contributed by atoms with van der Waals surface area (Å²) in [6.07, 6.45) is 0. The Kier molecular flexibility index (Phi) is 5.82. The fourth-order valence-corrected chi connectivity index (χ4v) is 2.91. The summed E-state index contributed by atoms with van der Waals surface area (Å²) in [5, 5.41) is 6.49. The van der Waals surface area contributed by atoms with E-state index in [2.05, 4.69) is 29.7 Å². The molecule has 0 spiro atoms. The third-order valence-electron chi connectivity index (χ3n) is 4.43. The number of aryl methyl sites for hydroxylation is 1. The molecule has 0 bridgehead atoms. The minimum Gasteiger partial charge on any atom is -0.324 e. The van der Waals surface area contributed by atoms with Crippen LogP contribution in [0.3, 0.4) is 0 Å². The third-order valence-corrected chi connectivity index (χ3v) is 4.43. The number of carbonyl (C=O) groups excluding carboxylic acids is 1. The van der Waals surface area contributed by atoms with Gasteiger partial charge >= 0.3 is 0 Å². The smallest absolute Gasteiger partial charge is 0.246 e. The summed E-state index contributed by atoms with van der Waals surface area (Å²) in [6.45, 7) is 4.10. The summed E-state index contributed by atoms with van der Waals surface area (Å²) in [4.78, 5) is 13.0. The van der Waals surface area contributed by atoms with Crippen molar-refractivity contribution < 1.29 is 4.79 Å². The van der Waals surface area contributed by atoms with Gasteiger partial charge in [0, 0.05) is 11.7 Å². The van der Waals surface area contributed by atoms with E-state index < -0.39 is 6.04 Å². The lowest BCUT2D eigenvalue weighted by Gasteiger charge is -2.23. The van der Waals surface area contributed by atoms with Crippen LogP contribution in [0.15, 0.2) is 84.9 Å². The second-order valence-electron chi connectivity index (χ2n) is 6.50. The Morgan fingerprint density at radius 2 is 1.31 bits per heavy atom. The van der Waals surface area contributed by atoms with Crippen LogP contribution in [0.4, 0.5) is 5.69 Å². The van der Waals surface area contributed by atoms with Crippen LogP contribution < -0.4 is 10.6 Å². The summed E-state index contributed by atoms with van der Waals surface area (Å²) in [6, 6.07) is 27.4. The van der Waals surface area contributed by atoms with Gasteiger partial charge in [-0.1, -0.05) is 78.4 Å². The van der Waals surface area contributed by atoms with Gasteiger partial charge in [-0.05, 0) is 37.1 Å². The minimum absolute atomic E-state index is 0.0465. The Labute approximate surface area is 155 Å². The molecule has 3 heteroatoms. The molecule has 2 atom stereocenters. The van der Waals surface area contributed by atoms with Gasteiger partial charge in [0.15, 0.2) is 0 Å². The van der Waals surface area contributed by atoms with E-state index in [9.17, 15) is 4.79 Å². The standard InChI is InChI=1S/C23H24N2O/c1-17-13-15-21(16-14-17)25-23(26)22(20-11-7-4-8-12-20)24-18(2)19-9-5-3-6-10-19/h3-16,18,22,24H,1-2H3,(H,25,26)/t18-,22-/m1/s1. The van der Waals surface area contributed by atoms with Gasteiger partial charge in [0.2, 0.25) is 5.91 Å². The molecule has 0 radical (unpaired) electrons. The van der Waals surface area contributed by atoms with Gasteiger partial charge in [-0.2, -0.15) is 0 Å². The number of nitrogens with one attached hydrogen (secondary N) is 2. The molecule has 3 aromatic rings. The maximum absolute atomic E-state index is 13.0. The lowest BCUT2D eigenvalue weighted by molar-refractivity contribution is -0.118. The van der Waals surface area contributed by atoms with E-state index in [0.29, 0.717) is 0 Å². The van der Waals surface area contributed by atoms with Crippen LogP contribution >= 0.6 is 0 Å². The highest BCUT2D eigenvalue weighted by Gasteiger charge is 2.23. The van der Waals surface area contributed by atoms with Crippen LogP contribution in [0.2, 0.25) is 0 Å². The van der Waals surface area contributed by atoms with Crippen LogP contribution in [0.1, 0.15) is 35.7 Å². The Morgan fingerprint density at radius 3 is 1.88 bits per heavy atom. The first-order chi connectivity index (χ1) is 12.6. The van der Waals surface area contributed by atoms with Crippen molar-refractivity contribution in [2.24, 2.45) is 0 Å². The molecule has 0 heterocycles. The highest BCUT2D eigenvalue weighted by Crippen LogP contribution is 2.21. The van der Waals surface area contributed by atoms with E-state index in [0.717, 1.165) is 16.8 Å².